The highest BCUT2D eigenvalue weighted by atomic mass is 35.5. The Morgan fingerprint density at radius 2 is 2.05 bits per heavy atom. The predicted molar refractivity (Wildman–Crippen MR) is 84.5 cm³/mol. The van der Waals surface area contributed by atoms with Crippen molar-refractivity contribution in [3.05, 3.63) is 11.6 Å². The van der Waals surface area contributed by atoms with Crippen LogP contribution in [-0.4, -0.2) is 43.5 Å². The van der Waals surface area contributed by atoms with Crippen molar-refractivity contribution >= 4 is 18.2 Å². The Morgan fingerprint density at radius 3 is 2.75 bits per heavy atom. The number of carbonyl (C=O) groups excluding carboxylic acids is 1. The van der Waals surface area contributed by atoms with Gasteiger partial charge in [0, 0.05) is 25.6 Å². The van der Waals surface area contributed by atoms with Crippen LogP contribution < -0.4 is 0 Å². The SMILES string of the molecule is CCCCC/C=C1/CCC(CN2CCOCC2)C1=O.Cl. The van der Waals surface area contributed by atoms with E-state index in [1.807, 2.05) is 0 Å². The van der Waals surface area contributed by atoms with Crippen LogP contribution in [-0.2, 0) is 9.53 Å². The fourth-order valence-electron chi connectivity index (χ4n) is 2.99. The second-order valence-corrected chi connectivity index (χ2v) is 5.74. The monoisotopic (exact) mass is 301 g/mol. The van der Waals surface area contributed by atoms with Crippen LogP contribution >= 0.6 is 12.4 Å². The van der Waals surface area contributed by atoms with E-state index in [2.05, 4.69) is 17.9 Å². The number of hydrogen-bond donors (Lipinski definition) is 0. The lowest BCUT2D eigenvalue weighted by Gasteiger charge is -2.28. The zero-order valence-electron chi connectivity index (χ0n) is 12.6. The minimum atomic E-state index is 0. The summed E-state index contributed by atoms with van der Waals surface area (Å²) in [6.07, 6.45) is 9.08. The summed E-state index contributed by atoms with van der Waals surface area (Å²) >= 11 is 0. The molecule has 20 heavy (non-hydrogen) atoms. The highest BCUT2D eigenvalue weighted by Gasteiger charge is 2.30. The number of morpholine rings is 1. The van der Waals surface area contributed by atoms with Crippen LogP contribution in [0.1, 0.15) is 45.4 Å². The van der Waals surface area contributed by atoms with Crippen LogP contribution in [0.15, 0.2) is 11.6 Å². The number of ketones is 1. The largest absolute Gasteiger partial charge is 0.379 e. The maximum Gasteiger partial charge on any atom is 0.162 e. The zero-order chi connectivity index (χ0) is 13.5. The number of hydrogen-bond acceptors (Lipinski definition) is 3. The number of ether oxygens (including phenoxy) is 1. The number of carbonyl (C=O) groups is 1. The number of halogens is 1. The maximum atomic E-state index is 12.3. The van der Waals surface area contributed by atoms with Gasteiger partial charge in [-0.1, -0.05) is 25.8 Å². The topological polar surface area (TPSA) is 29.5 Å². The van der Waals surface area contributed by atoms with Gasteiger partial charge in [-0.25, -0.2) is 0 Å². The maximum absolute atomic E-state index is 12.3. The normalized spacial score (nSPS) is 25.9. The summed E-state index contributed by atoms with van der Waals surface area (Å²) < 4.78 is 5.35. The summed E-state index contributed by atoms with van der Waals surface area (Å²) in [5.41, 5.74) is 1.11. The van der Waals surface area contributed by atoms with Crippen molar-refractivity contribution in [2.45, 2.75) is 45.4 Å². The first kappa shape index (κ1) is 17.7. The van der Waals surface area contributed by atoms with Crippen molar-refractivity contribution in [3.63, 3.8) is 0 Å². The van der Waals surface area contributed by atoms with Crippen molar-refractivity contribution in [3.8, 4) is 0 Å². The Morgan fingerprint density at radius 1 is 1.30 bits per heavy atom. The molecule has 0 amide bonds. The molecule has 1 saturated carbocycles. The van der Waals surface area contributed by atoms with Crippen LogP contribution in [0.25, 0.3) is 0 Å². The van der Waals surface area contributed by atoms with Gasteiger partial charge >= 0.3 is 0 Å². The van der Waals surface area contributed by atoms with E-state index < -0.39 is 0 Å². The zero-order valence-corrected chi connectivity index (χ0v) is 13.4. The van der Waals surface area contributed by atoms with Crippen molar-refractivity contribution in [1.29, 1.82) is 0 Å². The number of unbranched alkanes of at least 4 members (excludes halogenated alkanes) is 3. The van der Waals surface area contributed by atoms with E-state index in [1.165, 1.54) is 19.3 Å². The van der Waals surface area contributed by atoms with Crippen LogP contribution in [0.4, 0.5) is 0 Å². The third-order valence-electron chi connectivity index (χ3n) is 4.23. The second-order valence-electron chi connectivity index (χ2n) is 5.74. The van der Waals surface area contributed by atoms with Gasteiger partial charge in [-0.2, -0.15) is 0 Å². The minimum Gasteiger partial charge on any atom is -0.379 e. The average Bonchev–Trinajstić information content (AvgIpc) is 2.78. The third kappa shape index (κ3) is 5.19. The molecule has 0 N–H and O–H groups in total. The first-order chi connectivity index (χ1) is 9.31. The quantitative estimate of drug-likeness (QED) is 0.557. The fourth-order valence-corrected chi connectivity index (χ4v) is 2.99. The summed E-state index contributed by atoms with van der Waals surface area (Å²) in [5, 5.41) is 0. The summed E-state index contributed by atoms with van der Waals surface area (Å²) in [5.74, 6) is 0.665. The van der Waals surface area contributed by atoms with Gasteiger partial charge in [0.1, 0.15) is 0 Å². The van der Waals surface area contributed by atoms with Crippen LogP contribution in [0.2, 0.25) is 0 Å². The van der Waals surface area contributed by atoms with Gasteiger partial charge < -0.3 is 4.74 Å². The summed E-state index contributed by atoms with van der Waals surface area (Å²) in [6.45, 7) is 6.76. The molecule has 2 aliphatic rings. The van der Waals surface area contributed by atoms with Crippen molar-refractivity contribution < 1.29 is 9.53 Å². The lowest BCUT2D eigenvalue weighted by molar-refractivity contribution is -0.118. The number of rotatable bonds is 6. The predicted octanol–water partition coefficient (Wildman–Crippen LogP) is 3.23. The molecule has 4 heteroatoms. The molecule has 116 valence electrons. The van der Waals surface area contributed by atoms with Gasteiger partial charge in [0.25, 0.3) is 0 Å². The summed E-state index contributed by atoms with van der Waals surface area (Å²) in [6, 6.07) is 0. The van der Waals surface area contributed by atoms with E-state index in [1.54, 1.807) is 0 Å². The molecule has 0 spiro atoms. The number of allylic oxidation sites excluding steroid dienone is 2. The van der Waals surface area contributed by atoms with Gasteiger partial charge in [-0.3, -0.25) is 9.69 Å². The Labute approximate surface area is 129 Å². The molecule has 1 atom stereocenters. The van der Waals surface area contributed by atoms with Crippen molar-refractivity contribution in [2.75, 3.05) is 32.8 Å². The summed E-state index contributed by atoms with van der Waals surface area (Å²) in [4.78, 5) is 14.7. The molecule has 0 radical (unpaired) electrons. The third-order valence-corrected chi connectivity index (χ3v) is 4.23. The molecule has 2 fully saturated rings. The molecule has 0 bridgehead atoms. The minimum absolute atomic E-state index is 0. The lowest BCUT2D eigenvalue weighted by atomic mass is 10.0. The fraction of sp³-hybridized carbons (Fsp3) is 0.812. The van der Waals surface area contributed by atoms with E-state index in [-0.39, 0.29) is 18.3 Å². The van der Waals surface area contributed by atoms with Gasteiger partial charge in [0.15, 0.2) is 5.78 Å². The molecule has 3 nitrogen and oxygen atoms in total. The molecule has 1 heterocycles. The van der Waals surface area contributed by atoms with E-state index in [0.717, 1.165) is 57.7 Å². The van der Waals surface area contributed by atoms with Crippen LogP contribution in [0.5, 0.6) is 0 Å². The molecular formula is C16H28ClNO2. The second kappa shape index (κ2) is 9.54. The molecular weight excluding hydrogens is 274 g/mol. The molecule has 0 aromatic rings. The van der Waals surface area contributed by atoms with E-state index in [0.29, 0.717) is 5.78 Å². The van der Waals surface area contributed by atoms with Gasteiger partial charge in [0.05, 0.1) is 13.2 Å². The van der Waals surface area contributed by atoms with Crippen LogP contribution in [0, 0.1) is 5.92 Å². The van der Waals surface area contributed by atoms with Gasteiger partial charge in [-0.15, -0.1) is 12.4 Å². The number of nitrogens with zero attached hydrogens (tertiary/aromatic N) is 1. The Hall–Kier alpha value is -0.380. The lowest BCUT2D eigenvalue weighted by Crippen LogP contribution is -2.40. The molecule has 1 aliphatic carbocycles. The van der Waals surface area contributed by atoms with Gasteiger partial charge in [0.2, 0.25) is 0 Å². The molecule has 1 unspecified atom stereocenters. The molecule has 0 aromatic carbocycles. The first-order valence-electron chi connectivity index (χ1n) is 7.84. The standard InChI is InChI=1S/C16H27NO2.ClH/c1-2-3-4-5-6-14-7-8-15(16(14)18)13-17-9-11-19-12-10-17;/h6,15H,2-5,7-13H2,1H3;1H/b14-6-;. The van der Waals surface area contributed by atoms with E-state index >= 15 is 0 Å². The molecule has 1 saturated heterocycles. The van der Waals surface area contributed by atoms with E-state index in [4.69, 9.17) is 4.74 Å². The highest BCUT2D eigenvalue weighted by molar-refractivity contribution is 5.99. The number of Topliss-reactive ketones (excluding diaryl/α,β-unsaturated/α-hetero) is 1. The van der Waals surface area contributed by atoms with Gasteiger partial charge in [-0.05, 0) is 31.3 Å². The molecule has 2 rings (SSSR count). The van der Waals surface area contributed by atoms with Crippen LogP contribution in [0.3, 0.4) is 0 Å². The Balaban J connectivity index is 0.00000200. The van der Waals surface area contributed by atoms with E-state index in [9.17, 15) is 4.79 Å². The summed E-state index contributed by atoms with van der Waals surface area (Å²) in [7, 11) is 0. The molecule has 1 aliphatic heterocycles. The molecule has 0 aromatic heterocycles. The first-order valence-corrected chi connectivity index (χ1v) is 7.84. The van der Waals surface area contributed by atoms with Crippen molar-refractivity contribution in [1.82, 2.24) is 4.90 Å². The average molecular weight is 302 g/mol. The van der Waals surface area contributed by atoms with Crippen molar-refractivity contribution in [2.24, 2.45) is 5.92 Å². The Bertz CT molecular complexity index is 324. The Kier molecular flexibility index (Phi) is 8.43. The smallest absolute Gasteiger partial charge is 0.162 e. The highest BCUT2D eigenvalue weighted by Crippen LogP contribution is 2.28.